The van der Waals surface area contributed by atoms with E-state index in [1.165, 1.54) is 24.1 Å². The molecule has 2 aromatic rings. The molecule has 3 fully saturated rings. The fourth-order valence-corrected chi connectivity index (χ4v) is 6.18. The Morgan fingerprint density at radius 3 is 2.59 bits per heavy atom. The Morgan fingerprint density at radius 1 is 1.06 bits per heavy atom. The summed E-state index contributed by atoms with van der Waals surface area (Å²) < 4.78 is 0. The molecule has 2 N–H and O–H groups in total. The number of anilines is 1. The fraction of sp³-hybridized carbons (Fsp3) is 0.560. The minimum absolute atomic E-state index is 0.0145. The van der Waals surface area contributed by atoms with Crippen molar-refractivity contribution in [3.05, 3.63) is 47.1 Å². The van der Waals surface area contributed by atoms with E-state index in [9.17, 15) is 9.59 Å². The first-order chi connectivity index (χ1) is 15.7. The quantitative estimate of drug-likeness (QED) is 0.657. The number of rotatable bonds is 7. The monoisotopic (exact) mass is 452 g/mol. The summed E-state index contributed by atoms with van der Waals surface area (Å²) in [7, 11) is 0. The molecule has 2 amide bonds. The summed E-state index contributed by atoms with van der Waals surface area (Å²) >= 11 is 1.66. The van der Waals surface area contributed by atoms with E-state index in [4.69, 9.17) is 0 Å². The van der Waals surface area contributed by atoms with Gasteiger partial charge in [0.1, 0.15) is 6.04 Å². The van der Waals surface area contributed by atoms with Crippen LogP contribution in [0.2, 0.25) is 0 Å². The van der Waals surface area contributed by atoms with E-state index >= 15 is 0 Å². The molecular formula is C25H32N4O2S. The number of aromatic nitrogens is 1. The van der Waals surface area contributed by atoms with E-state index in [-0.39, 0.29) is 23.9 Å². The smallest absolute Gasteiger partial charge is 0.248 e. The molecule has 2 aromatic heterocycles. The highest BCUT2D eigenvalue weighted by Gasteiger charge is 2.39. The lowest BCUT2D eigenvalue weighted by Gasteiger charge is -2.33. The number of thiophene rings is 1. The van der Waals surface area contributed by atoms with Crippen molar-refractivity contribution in [2.45, 2.75) is 81.8 Å². The van der Waals surface area contributed by atoms with E-state index in [1.807, 2.05) is 18.2 Å². The third-order valence-corrected chi connectivity index (χ3v) is 8.13. The Balaban J connectivity index is 1.50. The molecule has 3 aliphatic rings. The average molecular weight is 453 g/mol. The summed E-state index contributed by atoms with van der Waals surface area (Å²) in [6.07, 6.45) is 13.2. The van der Waals surface area contributed by atoms with Gasteiger partial charge >= 0.3 is 0 Å². The number of carbonyl (C=O) groups is 2. The summed E-state index contributed by atoms with van der Waals surface area (Å²) in [6, 6.07) is 7.14. The molecule has 1 aliphatic heterocycles. The highest BCUT2D eigenvalue weighted by atomic mass is 32.1. The number of hydrogen-bond donors (Lipinski definition) is 2. The van der Waals surface area contributed by atoms with Crippen LogP contribution in [-0.2, 0) is 9.59 Å². The molecule has 0 radical (unpaired) electrons. The predicted octanol–water partition coefficient (Wildman–Crippen LogP) is 4.30. The van der Waals surface area contributed by atoms with Gasteiger partial charge in [0, 0.05) is 28.9 Å². The molecule has 2 atom stereocenters. The fourth-order valence-electron chi connectivity index (χ4n) is 4.97. The van der Waals surface area contributed by atoms with Gasteiger partial charge in [0.15, 0.2) is 0 Å². The van der Waals surface area contributed by atoms with Crippen molar-refractivity contribution in [3.63, 3.8) is 0 Å². The van der Waals surface area contributed by atoms with Gasteiger partial charge in [0.2, 0.25) is 11.8 Å². The molecule has 0 aromatic carbocycles. The Hall–Kier alpha value is -2.25. The first-order valence-corrected chi connectivity index (χ1v) is 12.9. The SMILES string of the molecule is O=C(NC1CCCCC1)C(c1cccnc1)N(C(=O)[C@H]1CCCN1)c1ccc(C2CC2)s1. The lowest BCUT2D eigenvalue weighted by Crippen LogP contribution is -2.51. The first-order valence-electron chi connectivity index (χ1n) is 12.1. The van der Waals surface area contributed by atoms with E-state index in [2.05, 4.69) is 21.7 Å². The summed E-state index contributed by atoms with van der Waals surface area (Å²) in [5.74, 6) is 0.500. The van der Waals surface area contributed by atoms with Crippen LogP contribution in [0.5, 0.6) is 0 Å². The lowest BCUT2D eigenvalue weighted by molar-refractivity contribution is -0.127. The zero-order valence-electron chi connectivity index (χ0n) is 18.5. The Kier molecular flexibility index (Phi) is 6.55. The standard InChI is InChI=1S/C25H32N4O2S/c30-24(28-19-7-2-1-3-8-19)23(18-6-4-14-26-16-18)29(25(31)20-9-5-15-27-20)22-13-12-21(32-22)17-10-11-17/h4,6,12-14,16-17,19-20,23,27H,1-3,5,7-11,15H2,(H,28,30)/t20-,23?/m1/s1. The topological polar surface area (TPSA) is 74.3 Å². The maximum Gasteiger partial charge on any atom is 0.248 e. The molecule has 3 heterocycles. The van der Waals surface area contributed by atoms with Crippen molar-refractivity contribution in [1.29, 1.82) is 0 Å². The van der Waals surface area contributed by atoms with E-state index in [0.29, 0.717) is 5.92 Å². The molecule has 1 saturated heterocycles. The Bertz CT molecular complexity index is 930. The summed E-state index contributed by atoms with van der Waals surface area (Å²) in [6.45, 7) is 0.841. The first kappa shape index (κ1) is 21.6. The van der Waals surface area contributed by atoms with Crippen LogP contribution >= 0.6 is 11.3 Å². The normalized spacial score (nSPS) is 22.4. The molecule has 5 rings (SSSR count). The molecule has 1 unspecified atom stereocenters. The highest BCUT2D eigenvalue weighted by molar-refractivity contribution is 7.16. The van der Waals surface area contributed by atoms with Crippen LogP contribution in [0.25, 0.3) is 0 Å². The van der Waals surface area contributed by atoms with Crippen LogP contribution in [-0.4, -0.2) is 35.4 Å². The largest absolute Gasteiger partial charge is 0.351 e. The van der Waals surface area contributed by atoms with Crippen molar-refractivity contribution in [1.82, 2.24) is 15.6 Å². The highest BCUT2D eigenvalue weighted by Crippen LogP contribution is 2.46. The van der Waals surface area contributed by atoms with E-state index in [0.717, 1.165) is 55.6 Å². The van der Waals surface area contributed by atoms with Gasteiger partial charge in [0.25, 0.3) is 0 Å². The minimum Gasteiger partial charge on any atom is -0.351 e. The number of amides is 2. The molecule has 0 spiro atoms. The van der Waals surface area contributed by atoms with Crippen LogP contribution in [0.15, 0.2) is 36.7 Å². The number of carbonyl (C=O) groups excluding carboxylic acids is 2. The predicted molar refractivity (Wildman–Crippen MR) is 127 cm³/mol. The minimum atomic E-state index is -0.716. The maximum atomic E-state index is 13.8. The summed E-state index contributed by atoms with van der Waals surface area (Å²) in [4.78, 5) is 34.9. The second-order valence-electron chi connectivity index (χ2n) is 9.34. The van der Waals surface area contributed by atoms with Gasteiger partial charge in [-0.2, -0.15) is 0 Å². The van der Waals surface area contributed by atoms with Gasteiger partial charge in [-0.05, 0) is 69.2 Å². The Labute approximate surface area is 193 Å². The molecule has 2 saturated carbocycles. The van der Waals surface area contributed by atoms with Crippen LogP contribution in [0.1, 0.15) is 80.2 Å². The molecule has 32 heavy (non-hydrogen) atoms. The molecule has 6 nitrogen and oxygen atoms in total. The van der Waals surface area contributed by atoms with Crippen molar-refractivity contribution in [3.8, 4) is 0 Å². The number of nitrogens with one attached hydrogen (secondary N) is 2. The molecule has 2 aliphatic carbocycles. The zero-order chi connectivity index (χ0) is 21.9. The third kappa shape index (κ3) is 4.74. The van der Waals surface area contributed by atoms with Gasteiger partial charge in [-0.1, -0.05) is 25.3 Å². The van der Waals surface area contributed by atoms with Gasteiger partial charge in [-0.15, -0.1) is 11.3 Å². The van der Waals surface area contributed by atoms with Crippen LogP contribution < -0.4 is 15.5 Å². The van der Waals surface area contributed by atoms with Crippen molar-refractivity contribution < 1.29 is 9.59 Å². The second kappa shape index (κ2) is 9.71. The van der Waals surface area contributed by atoms with Gasteiger partial charge < -0.3 is 10.6 Å². The number of hydrogen-bond acceptors (Lipinski definition) is 5. The van der Waals surface area contributed by atoms with Crippen LogP contribution in [0, 0.1) is 0 Å². The second-order valence-corrected chi connectivity index (χ2v) is 10.4. The van der Waals surface area contributed by atoms with Gasteiger partial charge in [-0.3, -0.25) is 19.5 Å². The number of pyridine rings is 1. The number of nitrogens with zero attached hydrogens (tertiary/aromatic N) is 2. The Morgan fingerprint density at radius 2 is 1.91 bits per heavy atom. The third-order valence-electron chi connectivity index (χ3n) is 6.88. The molecule has 7 heteroatoms. The molecule has 170 valence electrons. The van der Waals surface area contributed by atoms with Gasteiger partial charge in [-0.25, -0.2) is 0 Å². The van der Waals surface area contributed by atoms with Crippen molar-refractivity contribution >= 4 is 28.2 Å². The summed E-state index contributed by atoms with van der Waals surface area (Å²) in [5, 5.41) is 7.48. The maximum absolute atomic E-state index is 13.8. The molecular weight excluding hydrogens is 420 g/mol. The summed E-state index contributed by atoms with van der Waals surface area (Å²) in [5.41, 5.74) is 0.758. The molecule has 0 bridgehead atoms. The van der Waals surface area contributed by atoms with E-state index < -0.39 is 6.04 Å². The van der Waals surface area contributed by atoms with Crippen LogP contribution in [0.3, 0.4) is 0 Å². The van der Waals surface area contributed by atoms with Crippen molar-refractivity contribution in [2.75, 3.05) is 11.4 Å². The average Bonchev–Trinajstić information content (AvgIpc) is 3.31. The van der Waals surface area contributed by atoms with Gasteiger partial charge in [0.05, 0.1) is 11.0 Å². The lowest BCUT2D eigenvalue weighted by atomic mass is 9.94. The zero-order valence-corrected chi connectivity index (χ0v) is 19.3. The van der Waals surface area contributed by atoms with Crippen molar-refractivity contribution in [2.24, 2.45) is 0 Å². The van der Waals surface area contributed by atoms with E-state index in [1.54, 1.807) is 28.6 Å². The van der Waals surface area contributed by atoms with Crippen LogP contribution in [0.4, 0.5) is 5.00 Å².